The van der Waals surface area contributed by atoms with Crippen molar-refractivity contribution in [1.82, 2.24) is 0 Å². The van der Waals surface area contributed by atoms with Crippen molar-refractivity contribution < 1.29 is 28.2 Å². The van der Waals surface area contributed by atoms with Crippen LogP contribution < -0.4 is 24.4 Å². The van der Waals surface area contributed by atoms with E-state index >= 15 is 0 Å². The van der Waals surface area contributed by atoms with Gasteiger partial charge in [-0.2, -0.15) is 0 Å². The van der Waals surface area contributed by atoms with Gasteiger partial charge in [-0.05, 0) is 42.0 Å². The molecule has 4 rings (SSSR count). The number of halogens is 1. The van der Waals surface area contributed by atoms with Crippen LogP contribution in [0.5, 0.6) is 17.2 Å². The first-order valence-corrected chi connectivity index (χ1v) is 9.99. The summed E-state index contributed by atoms with van der Waals surface area (Å²) in [6.45, 7) is 0. The number of rotatable bonds is 7. The Labute approximate surface area is 190 Å². The number of methoxy groups -OCH3 is 3. The summed E-state index contributed by atoms with van der Waals surface area (Å²) < 4.78 is 29.5. The van der Waals surface area contributed by atoms with Crippen LogP contribution in [0.15, 0.2) is 72.4 Å². The van der Waals surface area contributed by atoms with Gasteiger partial charge in [-0.15, -0.1) is 0 Å². The number of carbonyl (C=O) groups excluding carboxylic acids is 2. The molecular formula is C25H21FN2O5. The molecule has 33 heavy (non-hydrogen) atoms. The number of anilines is 2. The summed E-state index contributed by atoms with van der Waals surface area (Å²) in [6, 6.07) is 17.0. The number of imide groups is 1. The molecule has 0 fully saturated rings. The van der Waals surface area contributed by atoms with E-state index in [2.05, 4.69) is 5.32 Å². The monoisotopic (exact) mass is 448 g/mol. The van der Waals surface area contributed by atoms with Crippen LogP contribution in [0.1, 0.15) is 5.56 Å². The van der Waals surface area contributed by atoms with E-state index in [1.165, 1.54) is 45.6 Å². The van der Waals surface area contributed by atoms with E-state index in [0.717, 1.165) is 4.90 Å². The smallest absolute Gasteiger partial charge is 0.282 e. The zero-order valence-corrected chi connectivity index (χ0v) is 18.2. The second-order valence-corrected chi connectivity index (χ2v) is 7.10. The second kappa shape index (κ2) is 9.04. The Balaban J connectivity index is 1.85. The number of nitrogens with zero attached hydrogens (tertiary/aromatic N) is 1. The van der Waals surface area contributed by atoms with E-state index in [4.69, 9.17) is 14.2 Å². The molecule has 1 heterocycles. The van der Waals surface area contributed by atoms with Crippen LogP contribution in [0.3, 0.4) is 0 Å². The standard InChI is InChI=1S/C25H21FN2O5/c1-31-18-6-4-5-17(13-18)28-24(29)22(15-7-9-16(26)10-8-15)23(25(28)30)27-20-14-19(32-2)11-12-21(20)33-3/h4-14,27H,1-3H3. The van der Waals surface area contributed by atoms with Gasteiger partial charge < -0.3 is 19.5 Å². The Hall–Kier alpha value is -4.33. The Kier molecular flexibility index (Phi) is 5.99. The summed E-state index contributed by atoms with van der Waals surface area (Å²) in [6.07, 6.45) is 0. The number of ether oxygens (including phenoxy) is 3. The first-order chi connectivity index (χ1) is 16.0. The van der Waals surface area contributed by atoms with Gasteiger partial charge in [0, 0.05) is 12.1 Å². The zero-order valence-electron chi connectivity index (χ0n) is 18.2. The topological polar surface area (TPSA) is 77.1 Å². The van der Waals surface area contributed by atoms with E-state index in [9.17, 15) is 14.0 Å². The normalized spacial score (nSPS) is 13.4. The minimum Gasteiger partial charge on any atom is -0.497 e. The highest BCUT2D eigenvalue weighted by Gasteiger charge is 2.40. The van der Waals surface area contributed by atoms with Gasteiger partial charge in [0.25, 0.3) is 11.8 Å². The molecule has 0 aliphatic carbocycles. The molecule has 1 aliphatic heterocycles. The molecule has 0 unspecified atom stereocenters. The molecule has 8 heteroatoms. The van der Waals surface area contributed by atoms with Crippen LogP contribution in [0.2, 0.25) is 0 Å². The van der Waals surface area contributed by atoms with Crippen molar-refractivity contribution in [3.8, 4) is 17.2 Å². The van der Waals surface area contributed by atoms with E-state index in [-0.39, 0.29) is 11.3 Å². The molecule has 0 spiro atoms. The number of amides is 2. The SMILES string of the molecule is COc1cccc(N2C(=O)C(Nc3cc(OC)ccc3OC)=C(c3ccc(F)cc3)C2=O)c1. The highest BCUT2D eigenvalue weighted by Crippen LogP contribution is 2.37. The van der Waals surface area contributed by atoms with Gasteiger partial charge in [0.2, 0.25) is 0 Å². The number of hydrogen-bond donors (Lipinski definition) is 1. The fourth-order valence-electron chi connectivity index (χ4n) is 3.56. The van der Waals surface area contributed by atoms with E-state index in [0.29, 0.717) is 34.2 Å². The van der Waals surface area contributed by atoms with Crippen molar-refractivity contribution in [2.45, 2.75) is 0 Å². The van der Waals surface area contributed by atoms with E-state index in [1.54, 1.807) is 42.5 Å². The van der Waals surface area contributed by atoms with Crippen LogP contribution in [0.25, 0.3) is 5.57 Å². The molecule has 7 nitrogen and oxygen atoms in total. The van der Waals surface area contributed by atoms with Gasteiger partial charge in [0.15, 0.2) is 0 Å². The summed E-state index contributed by atoms with van der Waals surface area (Å²) in [5.41, 5.74) is 1.30. The average Bonchev–Trinajstić information content (AvgIpc) is 3.08. The highest BCUT2D eigenvalue weighted by molar-refractivity contribution is 6.46. The van der Waals surface area contributed by atoms with Gasteiger partial charge >= 0.3 is 0 Å². The highest BCUT2D eigenvalue weighted by atomic mass is 19.1. The maximum absolute atomic E-state index is 13.6. The Bertz CT molecular complexity index is 1250. The quantitative estimate of drug-likeness (QED) is 0.545. The maximum atomic E-state index is 13.6. The molecule has 1 N–H and O–H groups in total. The van der Waals surface area contributed by atoms with Crippen LogP contribution in [0, 0.1) is 5.82 Å². The summed E-state index contributed by atoms with van der Waals surface area (Å²) in [5, 5.41) is 3.04. The molecule has 168 valence electrons. The fourth-order valence-corrected chi connectivity index (χ4v) is 3.56. The Morgan fingerprint density at radius 3 is 2.15 bits per heavy atom. The zero-order chi connectivity index (χ0) is 23.5. The first-order valence-electron chi connectivity index (χ1n) is 9.99. The average molecular weight is 448 g/mol. The lowest BCUT2D eigenvalue weighted by Crippen LogP contribution is -2.32. The molecule has 1 aliphatic rings. The van der Waals surface area contributed by atoms with Crippen LogP contribution in [-0.4, -0.2) is 33.1 Å². The Morgan fingerprint density at radius 1 is 0.788 bits per heavy atom. The minimum atomic E-state index is -0.572. The van der Waals surface area contributed by atoms with Crippen molar-refractivity contribution in [1.29, 1.82) is 0 Å². The van der Waals surface area contributed by atoms with Crippen molar-refractivity contribution >= 4 is 28.8 Å². The largest absolute Gasteiger partial charge is 0.497 e. The van der Waals surface area contributed by atoms with Gasteiger partial charge in [-0.25, -0.2) is 9.29 Å². The third kappa shape index (κ3) is 4.10. The summed E-state index contributed by atoms with van der Waals surface area (Å²) >= 11 is 0. The predicted octanol–water partition coefficient (Wildman–Crippen LogP) is 4.25. The molecule has 2 amide bonds. The van der Waals surface area contributed by atoms with Crippen molar-refractivity contribution in [3.63, 3.8) is 0 Å². The third-order valence-corrected chi connectivity index (χ3v) is 5.19. The number of hydrogen-bond acceptors (Lipinski definition) is 6. The summed E-state index contributed by atoms with van der Waals surface area (Å²) in [5.74, 6) is -0.107. The number of carbonyl (C=O) groups is 2. The van der Waals surface area contributed by atoms with E-state index in [1.807, 2.05) is 0 Å². The van der Waals surface area contributed by atoms with Gasteiger partial charge in [0.05, 0.1) is 38.3 Å². The third-order valence-electron chi connectivity index (χ3n) is 5.19. The molecule has 0 radical (unpaired) electrons. The van der Waals surface area contributed by atoms with Crippen LogP contribution in [-0.2, 0) is 9.59 Å². The lowest BCUT2D eigenvalue weighted by molar-refractivity contribution is -0.120. The maximum Gasteiger partial charge on any atom is 0.282 e. The molecule has 0 atom stereocenters. The van der Waals surface area contributed by atoms with Crippen molar-refractivity contribution in [2.24, 2.45) is 0 Å². The van der Waals surface area contributed by atoms with Gasteiger partial charge in [-0.1, -0.05) is 18.2 Å². The fraction of sp³-hybridized carbons (Fsp3) is 0.120. The number of nitrogens with one attached hydrogen (secondary N) is 1. The van der Waals surface area contributed by atoms with Crippen LogP contribution >= 0.6 is 0 Å². The molecule has 3 aromatic carbocycles. The summed E-state index contributed by atoms with van der Waals surface area (Å²) in [4.78, 5) is 28.1. The first kappa shape index (κ1) is 21.9. The van der Waals surface area contributed by atoms with Gasteiger partial charge in [-0.3, -0.25) is 9.59 Å². The van der Waals surface area contributed by atoms with Crippen molar-refractivity contribution in [2.75, 3.05) is 31.5 Å². The molecule has 0 aromatic heterocycles. The minimum absolute atomic E-state index is 0.0287. The molecule has 0 saturated heterocycles. The number of benzene rings is 3. The Morgan fingerprint density at radius 2 is 1.48 bits per heavy atom. The second-order valence-electron chi connectivity index (χ2n) is 7.10. The molecule has 3 aromatic rings. The van der Waals surface area contributed by atoms with E-state index < -0.39 is 17.6 Å². The lowest BCUT2D eigenvalue weighted by atomic mass is 10.0. The molecular weight excluding hydrogens is 427 g/mol. The molecule has 0 saturated carbocycles. The predicted molar refractivity (Wildman–Crippen MR) is 122 cm³/mol. The summed E-state index contributed by atoms with van der Waals surface area (Å²) in [7, 11) is 4.51. The van der Waals surface area contributed by atoms with Crippen molar-refractivity contribution in [3.05, 3.63) is 83.8 Å². The van der Waals surface area contributed by atoms with Gasteiger partial charge in [0.1, 0.15) is 28.8 Å². The molecule has 0 bridgehead atoms. The lowest BCUT2D eigenvalue weighted by Gasteiger charge is -2.17. The van der Waals surface area contributed by atoms with Crippen LogP contribution in [0.4, 0.5) is 15.8 Å².